The molecule has 0 aliphatic rings. The van der Waals surface area contributed by atoms with Crippen LogP contribution in [0, 0.1) is 12.7 Å². The van der Waals surface area contributed by atoms with Gasteiger partial charge in [0.25, 0.3) is 0 Å². The van der Waals surface area contributed by atoms with Gasteiger partial charge in [0.05, 0.1) is 7.11 Å². The highest BCUT2D eigenvalue weighted by Crippen LogP contribution is 2.29. The predicted octanol–water partition coefficient (Wildman–Crippen LogP) is 3.88. The van der Waals surface area contributed by atoms with Crippen molar-refractivity contribution in [1.82, 2.24) is 0 Å². The van der Waals surface area contributed by atoms with Crippen LogP contribution in [0.2, 0.25) is 5.02 Å². The summed E-state index contributed by atoms with van der Waals surface area (Å²) in [4.78, 5) is 0. The maximum atomic E-state index is 13.6. The Hall–Kier alpha value is -1.58. The number of hydrogen-bond acceptors (Lipinski definition) is 2. The van der Waals surface area contributed by atoms with Crippen molar-refractivity contribution in [2.45, 2.75) is 13.0 Å². The van der Waals surface area contributed by atoms with Gasteiger partial charge in [-0.2, -0.15) is 0 Å². The quantitative estimate of drug-likeness (QED) is 0.924. The minimum atomic E-state index is -0.891. The summed E-state index contributed by atoms with van der Waals surface area (Å²) in [6.07, 6.45) is -0.891. The van der Waals surface area contributed by atoms with E-state index in [1.165, 1.54) is 19.2 Å². The molecule has 0 spiro atoms. The number of aliphatic hydroxyl groups excluding tert-OH is 1. The minimum Gasteiger partial charge on any atom is -0.494 e. The fourth-order valence-electron chi connectivity index (χ4n) is 1.98. The molecule has 1 atom stereocenters. The van der Waals surface area contributed by atoms with Crippen molar-refractivity contribution in [3.63, 3.8) is 0 Å². The van der Waals surface area contributed by atoms with Crippen molar-refractivity contribution >= 4 is 11.6 Å². The number of aliphatic hydroxyl groups is 1. The average Bonchev–Trinajstić information content (AvgIpc) is 2.38. The van der Waals surface area contributed by atoms with Crippen molar-refractivity contribution in [3.05, 3.63) is 63.9 Å². The lowest BCUT2D eigenvalue weighted by Gasteiger charge is -2.15. The van der Waals surface area contributed by atoms with Crippen molar-refractivity contribution < 1.29 is 14.2 Å². The molecule has 19 heavy (non-hydrogen) atoms. The van der Waals surface area contributed by atoms with E-state index in [9.17, 15) is 9.50 Å². The van der Waals surface area contributed by atoms with Gasteiger partial charge in [0.15, 0.2) is 11.6 Å². The molecule has 0 saturated carbocycles. The summed E-state index contributed by atoms with van der Waals surface area (Å²) in [5, 5.41) is 10.9. The first-order valence-electron chi connectivity index (χ1n) is 5.80. The maximum absolute atomic E-state index is 13.6. The third-order valence-electron chi connectivity index (χ3n) is 3.02. The summed E-state index contributed by atoms with van der Waals surface area (Å²) in [6, 6.07) is 9.62. The zero-order chi connectivity index (χ0) is 14.0. The van der Waals surface area contributed by atoms with Crippen molar-refractivity contribution in [3.8, 4) is 5.75 Å². The lowest BCUT2D eigenvalue weighted by molar-refractivity contribution is 0.218. The summed E-state index contributed by atoms with van der Waals surface area (Å²) >= 11 is 5.87. The smallest absolute Gasteiger partial charge is 0.165 e. The van der Waals surface area contributed by atoms with Gasteiger partial charge in [-0.05, 0) is 47.9 Å². The average molecular weight is 281 g/mol. The zero-order valence-electron chi connectivity index (χ0n) is 10.7. The second-order valence-electron chi connectivity index (χ2n) is 4.30. The molecule has 0 heterocycles. The van der Waals surface area contributed by atoms with Crippen LogP contribution in [-0.4, -0.2) is 12.2 Å². The second-order valence-corrected chi connectivity index (χ2v) is 4.73. The van der Waals surface area contributed by atoms with E-state index in [1.54, 1.807) is 24.3 Å². The summed E-state index contributed by atoms with van der Waals surface area (Å²) in [7, 11) is 1.40. The zero-order valence-corrected chi connectivity index (χ0v) is 11.4. The van der Waals surface area contributed by atoms with E-state index >= 15 is 0 Å². The Labute approximate surface area is 116 Å². The molecule has 2 nitrogen and oxygen atoms in total. The fourth-order valence-corrected chi connectivity index (χ4v) is 2.20. The van der Waals surface area contributed by atoms with Crippen LogP contribution in [0.25, 0.3) is 0 Å². The molecule has 0 amide bonds. The molecule has 0 aliphatic heterocycles. The predicted molar refractivity (Wildman–Crippen MR) is 73.2 cm³/mol. The molecule has 0 aliphatic carbocycles. The standard InChI is InChI=1S/C15H14ClFO2/c1-9-7-11(16)4-5-12(9)15(18)10-3-6-14(19-2)13(17)8-10/h3-8,15,18H,1-2H3. The Morgan fingerprint density at radius 2 is 1.95 bits per heavy atom. The Kier molecular flexibility index (Phi) is 4.08. The first-order chi connectivity index (χ1) is 9.02. The molecule has 0 radical (unpaired) electrons. The van der Waals surface area contributed by atoms with Gasteiger partial charge in [0.2, 0.25) is 0 Å². The van der Waals surface area contributed by atoms with Crippen LogP contribution in [0.1, 0.15) is 22.8 Å². The maximum Gasteiger partial charge on any atom is 0.165 e. The molecule has 2 aromatic carbocycles. The van der Waals surface area contributed by atoms with E-state index in [0.29, 0.717) is 16.1 Å². The highest BCUT2D eigenvalue weighted by atomic mass is 35.5. The topological polar surface area (TPSA) is 29.5 Å². The lowest BCUT2D eigenvalue weighted by Crippen LogP contribution is -2.03. The highest BCUT2D eigenvalue weighted by molar-refractivity contribution is 6.30. The van der Waals surface area contributed by atoms with Gasteiger partial charge in [0.1, 0.15) is 6.10 Å². The molecular weight excluding hydrogens is 267 g/mol. The first-order valence-corrected chi connectivity index (χ1v) is 6.18. The fraction of sp³-hybridized carbons (Fsp3) is 0.200. The molecule has 4 heteroatoms. The Bertz CT molecular complexity index is 599. The molecule has 0 bridgehead atoms. The van der Waals surface area contributed by atoms with Gasteiger partial charge in [0, 0.05) is 5.02 Å². The Morgan fingerprint density at radius 3 is 2.53 bits per heavy atom. The number of ether oxygens (including phenoxy) is 1. The molecule has 2 aromatic rings. The number of halogens is 2. The van der Waals surface area contributed by atoms with E-state index in [1.807, 2.05) is 6.92 Å². The van der Waals surface area contributed by atoms with Gasteiger partial charge >= 0.3 is 0 Å². The largest absolute Gasteiger partial charge is 0.494 e. The van der Waals surface area contributed by atoms with Crippen molar-refractivity contribution in [2.75, 3.05) is 7.11 Å². The van der Waals surface area contributed by atoms with Gasteiger partial charge < -0.3 is 9.84 Å². The highest BCUT2D eigenvalue weighted by Gasteiger charge is 2.15. The number of hydrogen-bond donors (Lipinski definition) is 1. The van der Waals surface area contributed by atoms with Crippen molar-refractivity contribution in [2.24, 2.45) is 0 Å². The van der Waals surface area contributed by atoms with Crippen LogP contribution in [0.3, 0.4) is 0 Å². The first kappa shape index (κ1) is 13.8. The Balaban J connectivity index is 2.38. The third-order valence-corrected chi connectivity index (χ3v) is 3.25. The lowest BCUT2D eigenvalue weighted by atomic mass is 9.97. The van der Waals surface area contributed by atoms with E-state index < -0.39 is 11.9 Å². The molecule has 1 unspecified atom stereocenters. The second kappa shape index (κ2) is 5.59. The van der Waals surface area contributed by atoms with Crippen molar-refractivity contribution in [1.29, 1.82) is 0 Å². The molecular formula is C15H14ClFO2. The van der Waals surface area contributed by atoms with E-state index in [2.05, 4.69) is 0 Å². The van der Waals surface area contributed by atoms with Crippen LogP contribution < -0.4 is 4.74 Å². The van der Waals surface area contributed by atoms with Gasteiger partial charge in [-0.1, -0.05) is 23.7 Å². The van der Waals surface area contributed by atoms with E-state index in [0.717, 1.165) is 5.56 Å². The van der Waals surface area contributed by atoms with Crippen LogP contribution in [-0.2, 0) is 0 Å². The molecule has 100 valence electrons. The normalized spacial score (nSPS) is 12.3. The molecule has 0 aromatic heterocycles. The number of rotatable bonds is 3. The van der Waals surface area contributed by atoms with Crippen LogP contribution >= 0.6 is 11.6 Å². The van der Waals surface area contributed by atoms with Gasteiger partial charge in [-0.25, -0.2) is 4.39 Å². The molecule has 1 N–H and O–H groups in total. The number of methoxy groups -OCH3 is 1. The van der Waals surface area contributed by atoms with Crippen LogP contribution in [0.5, 0.6) is 5.75 Å². The van der Waals surface area contributed by atoms with Gasteiger partial charge in [-0.3, -0.25) is 0 Å². The molecule has 0 saturated heterocycles. The SMILES string of the molecule is COc1ccc(C(O)c2ccc(Cl)cc2C)cc1F. The summed E-state index contributed by atoms with van der Waals surface area (Å²) in [5.41, 5.74) is 2.04. The molecule has 2 rings (SSSR count). The number of aryl methyl sites for hydroxylation is 1. The number of benzene rings is 2. The summed E-state index contributed by atoms with van der Waals surface area (Å²) in [6.45, 7) is 1.85. The van der Waals surface area contributed by atoms with E-state index in [4.69, 9.17) is 16.3 Å². The van der Waals surface area contributed by atoms with Gasteiger partial charge in [-0.15, -0.1) is 0 Å². The van der Waals surface area contributed by atoms with Crippen LogP contribution in [0.15, 0.2) is 36.4 Å². The monoisotopic (exact) mass is 280 g/mol. The van der Waals surface area contributed by atoms with E-state index in [-0.39, 0.29) is 5.75 Å². The third kappa shape index (κ3) is 2.88. The summed E-state index contributed by atoms with van der Waals surface area (Å²) in [5.74, 6) is -0.338. The Morgan fingerprint density at radius 1 is 1.21 bits per heavy atom. The van der Waals surface area contributed by atoms with Crippen LogP contribution in [0.4, 0.5) is 4.39 Å². The summed E-state index contributed by atoms with van der Waals surface area (Å²) < 4.78 is 18.5. The minimum absolute atomic E-state index is 0.156. The molecule has 0 fully saturated rings.